The van der Waals surface area contributed by atoms with E-state index >= 15 is 0 Å². The summed E-state index contributed by atoms with van der Waals surface area (Å²) in [5.41, 5.74) is 7.30. The van der Waals surface area contributed by atoms with Crippen LogP contribution in [-0.4, -0.2) is 53.4 Å². The van der Waals surface area contributed by atoms with Gasteiger partial charge in [0.25, 0.3) is 0 Å². The fourth-order valence-electron chi connectivity index (χ4n) is 4.50. The number of amides is 1. The summed E-state index contributed by atoms with van der Waals surface area (Å²) in [6.45, 7) is 9.46. The third-order valence-corrected chi connectivity index (χ3v) is 6.55. The summed E-state index contributed by atoms with van der Waals surface area (Å²) in [4.78, 5) is 21.6. The normalized spacial score (nSPS) is 15.2. The van der Waals surface area contributed by atoms with Crippen molar-refractivity contribution in [2.45, 2.75) is 46.6 Å². The van der Waals surface area contributed by atoms with E-state index in [1.807, 2.05) is 28.2 Å². The number of carbonyl (C=O) groups is 1. The second-order valence-corrected chi connectivity index (χ2v) is 8.46. The van der Waals surface area contributed by atoms with Gasteiger partial charge in [-0.2, -0.15) is 10.2 Å². The monoisotopic (exact) mass is 417 g/mol. The number of fused-ring (bicyclic) bond motifs is 1. The maximum Gasteiger partial charge on any atom is 0.219 e. The lowest BCUT2D eigenvalue weighted by molar-refractivity contribution is -0.130. The Bertz CT molecular complexity index is 1270. The van der Waals surface area contributed by atoms with Crippen LogP contribution in [0, 0.1) is 20.8 Å². The molecule has 0 bridgehead atoms. The number of pyridine rings is 1. The highest BCUT2D eigenvalue weighted by Gasteiger charge is 2.24. The van der Waals surface area contributed by atoms with Crippen molar-refractivity contribution in [3.05, 3.63) is 47.7 Å². The molecule has 5 rings (SSSR count). The Balaban J connectivity index is 1.44. The minimum atomic E-state index is 0.154. The minimum absolute atomic E-state index is 0.154. The first-order chi connectivity index (χ1) is 14.9. The molecule has 0 atom stereocenters. The molecule has 0 aliphatic carbocycles. The number of hydrogen-bond donors (Lipinski definition) is 1. The Kier molecular flexibility index (Phi) is 4.64. The minimum Gasteiger partial charge on any atom is -0.343 e. The molecule has 1 saturated heterocycles. The average Bonchev–Trinajstić information content (AvgIpc) is 3.45. The first-order valence-electron chi connectivity index (χ1n) is 10.7. The van der Waals surface area contributed by atoms with Gasteiger partial charge < -0.3 is 9.88 Å². The molecule has 1 fully saturated rings. The fourth-order valence-corrected chi connectivity index (χ4v) is 4.50. The molecule has 5 heterocycles. The molecular formula is C23H27N7O. The summed E-state index contributed by atoms with van der Waals surface area (Å²) in [6, 6.07) is 4.56. The second kappa shape index (κ2) is 7.37. The topological polar surface area (TPSA) is 84.6 Å². The third kappa shape index (κ3) is 3.32. The van der Waals surface area contributed by atoms with Gasteiger partial charge in [-0.1, -0.05) is 0 Å². The van der Waals surface area contributed by atoms with E-state index in [1.54, 1.807) is 6.92 Å². The van der Waals surface area contributed by atoms with Crippen molar-refractivity contribution < 1.29 is 4.79 Å². The Morgan fingerprint density at radius 1 is 1.03 bits per heavy atom. The van der Waals surface area contributed by atoms with Crippen molar-refractivity contribution in [2.24, 2.45) is 0 Å². The number of carbonyl (C=O) groups excluding carboxylic acids is 1. The standard InChI is InChI=1S/C23H27N7O/c1-14-11-25-29(15(14)2)20-9-18-10-22(27-23(18)24-12-20)21-13-26-30(16(21)3)19-5-7-28(8-6-19)17(4)31/h9-13,19H,5-8H2,1-4H3,(H,24,27). The third-order valence-electron chi connectivity index (χ3n) is 6.55. The van der Waals surface area contributed by atoms with E-state index in [0.29, 0.717) is 6.04 Å². The molecular weight excluding hydrogens is 390 g/mol. The molecule has 0 radical (unpaired) electrons. The largest absolute Gasteiger partial charge is 0.343 e. The lowest BCUT2D eigenvalue weighted by Gasteiger charge is -2.32. The van der Waals surface area contributed by atoms with Crippen molar-refractivity contribution in [2.75, 3.05) is 13.1 Å². The number of piperidine rings is 1. The molecule has 1 amide bonds. The Morgan fingerprint density at radius 2 is 1.81 bits per heavy atom. The number of rotatable bonds is 3. The first-order valence-corrected chi connectivity index (χ1v) is 10.7. The zero-order chi connectivity index (χ0) is 21.7. The van der Waals surface area contributed by atoms with Crippen LogP contribution < -0.4 is 0 Å². The molecule has 1 N–H and O–H groups in total. The molecule has 0 aromatic carbocycles. The molecule has 0 saturated carbocycles. The van der Waals surface area contributed by atoms with Crippen LogP contribution in [0.2, 0.25) is 0 Å². The zero-order valence-corrected chi connectivity index (χ0v) is 18.4. The van der Waals surface area contributed by atoms with Crippen LogP contribution in [0.3, 0.4) is 0 Å². The number of hydrogen-bond acceptors (Lipinski definition) is 4. The van der Waals surface area contributed by atoms with Crippen molar-refractivity contribution >= 4 is 16.9 Å². The van der Waals surface area contributed by atoms with Crippen LogP contribution in [0.4, 0.5) is 0 Å². The van der Waals surface area contributed by atoms with Crippen molar-refractivity contribution in [1.82, 2.24) is 34.4 Å². The number of H-pyrrole nitrogens is 1. The highest BCUT2D eigenvalue weighted by molar-refractivity contribution is 5.84. The van der Waals surface area contributed by atoms with Gasteiger partial charge >= 0.3 is 0 Å². The van der Waals surface area contributed by atoms with Crippen LogP contribution in [-0.2, 0) is 4.79 Å². The van der Waals surface area contributed by atoms with Crippen molar-refractivity contribution in [3.8, 4) is 16.9 Å². The maximum atomic E-state index is 11.6. The van der Waals surface area contributed by atoms with Gasteiger partial charge in [-0.3, -0.25) is 9.48 Å². The lowest BCUT2D eigenvalue weighted by Crippen LogP contribution is -2.38. The summed E-state index contributed by atoms with van der Waals surface area (Å²) >= 11 is 0. The van der Waals surface area contributed by atoms with Crippen LogP contribution >= 0.6 is 0 Å². The summed E-state index contributed by atoms with van der Waals surface area (Å²) in [7, 11) is 0. The van der Waals surface area contributed by atoms with Gasteiger partial charge in [0.05, 0.1) is 36.0 Å². The van der Waals surface area contributed by atoms with Crippen LogP contribution in [0.25, 0.3) is 28.0 Å². The quantitative estimate of drug-likeness (QED) is 0.551. The van der Waals surface area contributed by atoms with E-state index in [4.69, 9.17) is 5.10 Å². The summed E-state index contributed by atoms with van der Waals surface area (Å²) in [6.07, 6.45) is 7.52. The molecule has 4 aromatic rings. The summed E-state index contributed by atoms with van der Waals surface area (Å²) in [5.74, 6) is 0.154. The molecule has 4 aromatic heterocycles. The fraction of sp³-hybridized carbons (Fsp3) is 0.391. The number of aromatic nitrogens is 6. The number of aryl methyl sites for hydroxylation is 1. The molecule has 0 spiro atoms. The molecule has 1 aliphatic rings. The molecule has 1 aliphatic heterocycles. The van der Waals surface area contributed by atoms with Crippen LogP contribution in [0.1, 0.15) is 42.8 Å². The van der Waals surface area contributed by atoms with Gasteiger partial charge in [0, 0.05) is 42.4 Å². The van der Waals surface area contributed by atoms with E-state index in [2.05, 4.69) is 52.7 Å². The van der Waals surface area contributed by atoms with Gasteiger partial charge in [-0.25, -0.2) is 9.67 Å². The predicted octanol–water partition coefficient (Wildman–Crippen LogP) is 3.72. The molecule has 160 valence electrons. The molecule has 8 nitrogen and oxygen atoms in total. The van der Waals surface area contributed by atoms with E-state index < -0.39 is 0 Å². The Hall–Kier alpha value is -3.42. The van der Waals surface area contributed by atoms with Gasteiger partial charge in [0.15, 0.2) is 0 Å². The smallest absolute Gasteiger partial charge is 0.219 e. The first kappa shape index (κ1) is 19.5. The number of aromatic amines is 1. The van der Waals surface area contributed by atoms with Gasteiger partial charge in [0.1, 0.15) is 5.65 Å². The Labute approximate surface area is 180 Å². The van der Waals surface area contributed by atoms with Crippen molar-refractivity contribution in [1.29, 1.82) is 0 Å². The van der Waals surface area contributed by atoms with Crippen LogP contribution in [0.5, 0.6) is 0 Å². The molecule has 31 heavy (non-hydrogen) atoms. The number of nitrogens with zero attached hydrogens (tertiary/aromatic N) is 6. The molecule has 8 heteroatoms. The number of nitrogens with one attached hydrogen (secondary N) is 1. The highest BCUT2D eigenvalue weighted by Crippen LogP contribution is 2.31. The number of likely N-dealkylation sites (tertiary alicyclic amines) is 1. The predicted molar refractivity (Wildman–Crippen MR) is 119 cm³/mol. The summed E-state index contributed by atoms with van der Waals surface area (Å²) < 4.78 is 4.04. The van der Waals surface area contributed by atoms with E-state index in [9.17, 15) is 4.79 Å². The van der Waals surface area contributed by atoms with Crippen LogP contribution in [0.15, 0.2) is 30.7 Å². The van der Waals surface area contributed by atoms with E-state index in [-0.39, 0.29) is 5.91 Å². The average molecular weight is 418 g/mol. The Morgan fingerprint density at radius 3 is 2.48 bits per heavy atom. The van der Waals surface area contributed by atoms with Gasteiger partial charge in [-0.05, 0) is 51.3 Å². The summed E-state index contributed by atoms with van der Waals surface area (Å²) in [5, 5.41) is 10.2. The zero-order valence-electron chi connectivity index (χ0n) is 18.4. The van der Waals surface area contributed by atoms with Crippen molar-refractivity contribution in [3.63, 3.8) is 0 Å². The lowest BCUT2D eigenvalue weighted by atomic mass is 10.0. The van der Waals surface area contributed by atoms with Gasteiger partial charge in [-0.15, -0.1) is 0 Å². The second-order valence-electron chi connectivity index (χ2n) is 8.46. The molecule has 0 unspecified atom stereocenters. The highest BCUT2D eigenvalue weighted by atomic mass is 16.2. The maximum absolute atomic E-state index is 11.6. The SMILES string of the molecule is CC(=O)N1CCC(n2ncc(-c3cc4cc(-n5ncc(C)c5C)cnc4[nH]3)c2C)CC1. The van der Waals surface area contributed by atoms with Gasteiger partial charge in [0.2, 0.25) is 5.91 Å². The van der Waals surface area contributed by atoms with E-state index in [1.165, 1.54) is 0 Å². The van der Waals surface area contributed by atoms with E-state index in [0.717, 1.165) is 70.9 Å².